The van der Waals surface area contributed by atoms with Gasteiger partial charge in [-0.1, -0.05) is 30.3 Å². The minimum absolute atomic E-state index is 0.100. The van der Waals surface area contributed by atoms with E-state index in [0.29, 0.717) is 13.0 Å². The molecule has 1 amide bonds. The molecule has 5 rings (SSSR count). The fourth-order valence-electron chi connectivity index (χ4n) is 4.27. The summed E-state index contributed by atoms with van der Waals surface area (Å²) in [5.74, 6) is 1.62. The summed E-state index contributed by atoms with van der Waals surface area (Å²) < 4.78 is 16.7. The Kier molecular flexibility index (Phi) is 5.02. The second kappa shape index (κ2) is 7.99. The molecule has 0 N–H and O–H groups in total. The Morgan fingerprint density at radius 2 is 1.87 bits per heavy atom. The standard InChI is InChI=1S/C26H25NO4/c1-29-21-10-12-23(30-2)18(13-21)15-27(20-8-9-20)25(28)14-19-16-31-24-11-7-17-5-3-4-6-22(17)26(19)24/h3-7,10-13,16,20H,8-9,14-15H2,1-2H3. The molecule has 1 fully saturated rings. The first kappa shape index (κ1) is 19.5. The van der Waals surface area contributed by atoms with E-state index in [9.17, 15) is 4.79 Å². The first-order chi connectivity index (χ1) is 15.2. The van der Waals surface area contributed by atoms with E-state index in [-0.39, 0.29) is 11.9 Å². The summed E-state index contributed by atoms with van der Waals surface area (Å²) in [4.78, 5) is 15.4. The molecule has 1 aromatic heterocycles. The SMILES string of the molecule is COc1ccc(OC)c(CN(C(=O)Cc2coc3ccc4ccccc4c23)C2CC2)c1. The van der Waals surface area contributed by atoms with Crippen molar-refractivity contribution in [1.82, 2.24) is 4.90 Å². The lowest BCUT2D eigenvalue weighted by atomic mass is 10.0. The number of nitrogens with zero attached hydrogens (tertiary/aromatic N) is 1. The highest BCUT2D eigenvalue weighted by Crippen LogP contribution is 2.34. The van der Waals surface area contributed by atoms with E-state index in [4.69, 9.17) is 13.9 Å². The first-order valence-electron chi connectivity index (χ1n) is 10.6. The highest BCUT2D eigenvalue weighted by Gasteiger charge is 2.33. The normalized spacial score (nSPS) is 13.5. The molecule has 4 aromatic rings. The molecule has 1 heterocycles. The quantitative estimate of drug-likeness (QED) is 0.409. The van der Waals surface area contributed by atoms with Crippen LogP contribution in [0.25, 0.3) is 21.7 Å². The Morgan fingerprint density at radius 3 is 2.65 bits per heavy atom. The highest BCUT2D eigenvalue weighted by atomic mass is 16.5. The zero-order valence-electron chi connectivity index (χ0n) is 17.8. The number of rotatable bonds is 7. The van der Waals surface area contributed by atoms with Crippen LogP contribution in [0.1, 0.15) is 24.0 Å². The number of ether oxygens (including phenoxy) is 2. The molecular formula is C26H25NO4. The zero-order valence-corrected chi connectivity index (χ0v) is 17.8. The van der Waals surface area contributed by atoms with Gasteiger partial charge in [0.05, 0.1) is 26.9 Å². The van der Waals surface area contributed by atoms with E-state index in [0.717, 1.165) is 57.2 Å². The lowest BCUT2D eigenvalue weighted by molar-refractivity contribution is -0.131. The largest absolute Gasteiger partial charge is 0.497 e. The maximum atomic E-state index is 13.4. The van der Waals surface area contributed by atoms with E-state index in [2.05, 4.69) is 18.2 Å². The molecule has 3 aromatic carbocycles. The number of carbonyl (C=O) groups excluding carboxylic acids is 1. The van der Waals surface area contributed by atoms with Crippen LogP contribution in [0.3, 0.4) is 0 Å². The van der Waals surface area contributed by atoms with Gasteiger partial charge in [-0.2, -0.15) is 0 Å². The van der Waals surface area contributed by atoms with Gasteiger partial charge in [0.1, 0.15) is 17.1 Å². The van der Waals surface area contributed by atoms with Crippen LogP contribution < -0.4 is 9.47 Å². The second-order valence-electron chi connectivity index (χ2n) is 8.03. The smallest absolute Gasteiger partial charge is 0.227 e. The fraction of sp³-hybridized carbons (Fsp3) is 0.269. The average molecular weight is 415 g/mol. The van der Waals surface area contributed by atoms with Crippen molar-refractivity contribution in [2.75, 3.05) is 14.2 Å². The predicted molar refractivity (Wildman–Crippen MR) is 121 cm³/mol. The topological polar surface area (TPSA) is 51.9 Å². The summed E-state index contributed by atoms with van der Waals surface area (Å²) in [6.07, 6.45) is 4.11. The van der Waals surface area contributed by atoms with Crippen LogP contribution in [-0.4, -0.2) is 31.1 Å². The van der Waals surface area contributed by atoms with Crippen molar-refractivity contribution in [2.45, 2.75) is 31.8 Å². The van der Waals surface area contributed by atoms with Crippen molar-refractivity contribution in [1.29, 1.82) is 0 Å². The number of hydrogen-bond acceptors (Lipinski definition) is 4. The monoisotopic (exact) mass is 415 g/mol. The number of amides is 1. The number of furan rings is 1. The molecule has 0 unspecified atom stereocenters. The van der Waals surface area contributed by atoms with Gasteiger partial charge in [0.15, 0.2) is 0 Å². The predicted octanol–water partition coefficient (Wildman–Crippen LogP) is 5.34. The highest BCUT2D eigenvalue weighted by molar-refractivity contribution is 6.08. The van der Waals surface area contributed by atoms with Gasteiger partial charge < -0.3 is 18.8 Å². The summed E-state index contributed by atoms with van der Waals surface area (Å²) in [5, 5.41) is 3.29. The van der Waals surface area contributed by atoms with Crippen LogP contribution in [0.2, 0.25) is 0 Å². The second-order valence-corrected chi connectivity index (χ2v) is 8.03. The van der Waals surface area contributed by atoms with Gasteiger partial charge in [-0.3, -0.25) is 4.79 Å². The molecule has 0 radical (unpaired) electrons. The number of hydrogen-bond donors (Lipinski definition) is 0. The maximum absolute atomic E-state index is 13.4. The fourth-order valence-corrected chi connectivity index (χ4v) is 4.27. The Labute approximate surface area is 181 Å². The van der Waals surface area contributed by atoms with Crippen LogP contribution in [-0.2, 0) is 17.8 Å². The van der Waals surface area contributed by atoms with Crippen molar-refractivity contribution in [2.24, 2.45) is 0 Å². The number of benzene rings is 3. The zero-order chi connectivity index (χ0) is 21.4. The van der Waals surface area contributed by atoms with Gasteiger partial charge in [0, 0.05) is 29.1 Å². The molecule has 0 atom stereocenters. The third kappa shape index (κ3) is 3.72. The lowest BCUT2D eigenvalue weighted by Gasteiger charge is -2.24. The van der Waals surface area contributed by atoms with Gasteiger partial charge in [-0.05, 0) is 47.9 Å². The summed E-state index contributed by atoms with van der Waals surface area (Å²) in [6, 6.07) is 18.2. The number of methoxy groups -OCH3 is 2. The third-order valence-electron chi connectivity index (χ3n) is 6.02. The van der Waals surface area contributed by atoms with Gasteiger partial charge in [-0.25, -0.2) is 0 Å². The number of carbonyl (C=O) groups is 1. The van der Waals surface area contributed by atoms with Crippen molar-refractivity contribution >= 4 is 27.6 Å². The summed E-state index contributed by atoms with van der Waals surface area (Å²) >= 11 is 0. The van der Waals surface area contributed by atoms with Crippen molar-refractivity contribution in [3.05, 3.63) is 72.0 Å². The van der Waals surface area contributed by atoms with Crippen LogP contribution in [0.4, 0.5) is 0 Å². The molecule has 0 bridgehead atoms. The van der Waals surface area contributed by atoms with E-state index < -0.39 is 0 Å². The van der Waals surface area contributed by atoms with Gasteiger partial charge >= 0.3 is 0 Å². The molecule has 158 valence electrons. The average Bonchev–Trinajstić information content (AvgIpc) is 3.57. The molecular weight excluding hydrogens is 390 g/mol. The van der Waals surface area contributed by atoms with Crippen LogP contribution in [0.5, 0.6) is 11.5 Å². The molecule has 31 heavy (non-hydrogen) atoms. The molecule has 0 spiro atoms. The van der Waals surface area contributed by atoms with E-state index in [1.54, 1.807) is 20.5 Å². The molecule has 0 saturated heterocycles. The van der Waals surface area contributed by atoms with E-state index >= 15 is 0 Å². The van der Waals surface area contributed by atoms with Gasteiger partial charge in [0.25, 0.3) is 0 Å². The molecule has 5 nitrogen and oxygen atoms in total. The Balaban J connectivity index is 1.46. The first-order valence-corrected chi connectivity index (χ1v) is 10.6. The number of fused-ring (bicyclic) bond motifs is 3. The summed E-state index contributed by atoms with van der Waals surface area (Å²) in [5.41, 5.74) is 2.69. The van der Waals surface area contributed by atoms with Crippen molar-refractivity contribution < 1.29 is 18.7 Å². The minimum atomic E-state index is 0.100. The Morgan fingerprint density at radius 1 is 1.03 bits per heavy atom. The molecule has 1 saturated carbocycles. The lowest BCUT2D eigenvalue weighted by Crippen LogP contribution is -2.33. The summed E-state index contributed by atoms with van der Waals surface area (Å²) in [6.45, 7) is 0.500. The third-order valence-corrected chi connectivity index (χ3v) is 6.02. The van der Waals surface area contributed by atoms with Crippen LogP contribution >= 0.6 is 0 Å². The maximum Gasteiger partial charge on any atom is 0.227 e. The van der Waals surface area contributed by atoms with Crippen LogP contribution in [0, 0.1) is 0 Å². The molecule has 1 aliphatic rings. The summed E-state index contributed by atoms with van der Waals surface area (Å²) in [7, 11) is 3.29. The van der Waals surface area contributed by atoms with Crippen molar-refractivity contribution in [3.63, 3.8) is 0 Å². The van der Waals surface area contributed by atoms with Crippen LogP contribution in [0.15, 0.2) is 65.3 Å². The van der Waals surface area contributed by atoms with Crippen molar-refractivity contribution in [3.8, 4) is 11.5 Å². The molecule has 0 aliphatic heterocycles. The van der Waals surface area contributed by atoms with Gasteiger partial charge in [-0.15, -0.1) is 0 Å². The Hall–Kier alpha value is -3.47. The molecule has 5 heteroatoms. The Bertz CT molecular complexity index is 1250. The van der Waals surface area contributed by atoms with E-state index in [1.807, 2.05) is 41.3 Å². The molecule has 1 aliphatic carbocycles. The minimum Gasteiger partial charge on any atom is -0.497 e. The van der Waals surface area contributed by atoms with E-state index in [1.165, 1.54) is 0 Å². The van der Waals surface area contributed by atoms with Gasteiger partial charge in [0.2, 0.25) is 5.91 Å².